The average Bonchev–Trinajstić information content (AvgIpc) is 2.63. The maximum atomic E-state index is 12.7. The first kappa shape index (κ1) is 18.0. The van der Waals surface area contributed by atoms with Gasteiger partial charge in [0.1, 0.15) is 11.7 Å². The van der Waals surface area contributed by atoms with Gasteiger partial charge in [-0.05, 0) is 18.2 Å². The highest BCUT2D eigenvalue weighted by Gasteiger charge is 2.35. The van der Waals surface area contributed by atoms with Crippen LogP contribution in [0.25, 0.3) is 11.0 Å². The first-order valence-electron chi connectivity index (χ1n) is 8.33. The van der Waals surface area contributed by atoms with Crippen LogP contribution in [0.4, 0.5) is 13.2 Å². The summed E-state index contributed by atoms with van der Waals surface area (Å²) in [7, 11) is 0. The highest BCUT2D eigenvalue weighted by atomic mass is 19.4. The molecule has 0 spiro atoms. The van der Waals surface area contributed by atoms with Crippen molar-refractivity contribution < 1.29 is 27.1 Å². The summed E-state index contributed by atoms with van der Waals surface area (Å²) in [6, 6.07) is 9.38. The molecule has 1 amide bonds. The third-order valence-electron chi connectivity index (χ3n) is 4.33. The highest BCUT2D eigenvalue weighted by molar-refractivity contribution is 5.93. The molecule has 0 bridgehead atoms. The number of halogens is 3. The molecule has 28 heavy (non-hydrogen) atoms. The van der Waals surface area contributed by atoms with Gasteiger partial charge in [0.2, 0.25) is 5.88 Å². The van der Waals surface area contributed by atoms with Gasteiger partial charge in [-0.2, -0.15) is 13.2 Å². The Morgan fingerprint density at radius 2 is 1.93 bits per heavy atom. The van der Waals surface area contributed by atoms with E-state index in [1.807, 2.05) is 0 Å². The number of fused-ring (bicyclic) bond motifs is 1. The largest absolute Gasteiger partial charge is 0.471 e. The molecule has 0 radical (unpaired) electrons. The zero-order valence-corrected chi connectivity index (χ0v) is 14.3. The number of nitrogens with zero attached hydrogens (tertiary/aromatic N) is 2. The Morgan fingerprint density at radius 1 is 1.18 bits per heavy atom. The number of ether oxygens (including phenoxy) is 1. The van der Waals surface area contributed by atoms with E-state index in [4.69, 9.17) is 9.15 Å². The Hall–Kier alpha value is -3.36. The van der Waals surface area contributed by atoms with Crippen LogP contribution in [0.5, 0.6) is 5.88 Å². The molecular weight excluding hydrogens is 377 g/mol. The van der Waals surface area contributed by atoms with Crippen molar-refractivity contribution in [1.82, 2.24) is 9.88 Å². The van der Waals surface area contributed by atoms with Crippen molar-refractivity contribution >= 4 is 16.9 Å². The number of para-hydroxylation sites is 1. The van der Waals surface area contributed by atoms with Crippen molar-refractivity contribution in [2.24, 2.45) is 0 Å². The molecule has 1 aliphatic rings. The molecule has 0 aliphatic carbocycles. The SMILES string of the molecule is O=C(c1cc(=O)c2ccccc2o1)N1CC(Oc2cc(C(F)(F)F)ccn2)C1. The first-order chi connectivity index (χ1) is 13.3. The molecule has 3 heterocycles. The molecule has 1 fully saturated rings. The fourth-order valence-corrected chi connectivity index (χ4v) is 2.86. The minimum absolute atomic E-state index is 0.0978. The van der Waals surface area contributed by atoms with E-state index in [-0.39, 0.29) is 30.2 Å². The average molecular weight is 390 g/mol. The molecule has 144 valence electrons. The second-order valence-electron chi connectivity index (χ2n) is 6.30. The topological polar surface area (TPSA) is 72.6 Å². The summed E-state index contributed by atoms with van der Waals surface area (Å²) < 4.78 is 49.1. The van der Waals surface area contributed by atoms with Crippen LogP contribution < -0.4 is 10.2 Å². The van der Waals surface area contributed by atoms with E-state index in [0.717, 1.165) is 24.4 Å². The van der Waals surface area contributed by atoms with Crippen LogP contribution in [0.3, 0.4) is 0 Å². The molecule has 6 nitrogen and oxygen atoms in total. The van der Waals surface area contributed by atoms with Gasteiger partial charge in [-0.3, -0.25) is 9.59 Å². The summed E-state index contributed by atoms with van der Waals surface area (Å²) in [6.07, 6.45) is -3.97. The Balaban J connectivity index is 1.43. The normalized spacial score (nSPS) is 14.8. The zero-order chi connectivity index (χ0) is 19.9. The third kappa shape index (κ3) is 3.42. The standard InChI is InChI=1S/C19H13F3N2O4/c20-19(21,22)11-5-6-23-17(7-11)27-12-9-24(10-12)18(26)16-8-14(25)13-3-1-2-4-15(13)28-16/h1-8,12H,9-10H2. The monoisotopic (exact) mass is 390 g/mol. The van der Waals surface area contributed by atoms with Gasteiger partial charge in [-0.1, -0.05) is 12.1 Å². The summed E-state index contributed by atoms with van der Waals surface area (Å²) in [5.74, 6) is -0.747. The summed E-state index contributed by atoms with van der Waals surface area (Å²) in [6.45, 7) is 0.292. The molecule has 9 heteroatoms. The number of alkyl halides is 3. The lowest BCUT2D eigenvalue weighted by atomic mass is 10.1. The van der Waals surface area contributed by atoms with Crippen molar-refractivity contribution in [3.8, 4) is 5.88 Å². The molecule has 1 aliphatic heterocycles. The van der Waals surface area contributed by atoms with E-state index in [9.17, 15) is 22.8 Å². The first-order valence-corrected chi connectivity index (χ1v) is 8.33. The molecule has 3 aromatic rings. The number of hydrogen-bond donors (Lipinski definition) is 0. The van der Waals surface area contributed by atoms with Crippen molar-refractivity contribution in [2.75, 3.05) is 13.1 Å². The zero-order valence-electron chi connectivity index (χ0n) is 14.3. The predicted octanol–water partition coefficient (Wildman–Crippen LogP) is 3.11. The predicted molar refractivity (Wildman–Crippen MR) is 92.0 cm³/mol. The molecule has 0 N–H and O–H groups in total. The molecule has 0 atom stereocenters. The van der Waals surface area contributed by atoms with Crippen LogP contribution in [0.15, 0.2) is 57.9 Å². The fraction of sp³-hybridized carbons (Fsp3) is 0.211. The van der Waals surface area contributed by atoms with Gasteiger partial charge in [0, 0.05) is 18.3 Å². The van der Waals surface area contributed by atoms with E-state index in [1.54, 1.807) is 24.3 Å². The number of carbonyl (C=O) groups excluding carboxylic acids is 1. The van der Waals surface area contributed by atoms with Crippen LogP contribution >= 0.6 is 0 Å². The van der Waals surface area contributed by atoms with Crippen molar-refractivity contribution in [3.05, 3.63) is 70.2 Å². The van der Waals surface area contributed by atoms with Gasteiger partial charge in [0.05, 0.1) is 24.0 Å². The number of carbonyl (C=O) groups is 1. The van der Waals surface area contributed by atoms with Crippen LogP contribution in [0.1, 0.15) is 16.1 Å². The molecule has 0 saturated carbocycles. The highest BCUT2D eigenvalue weighted by Crippen LogP contribution is 2.31. The maximum Gasteiger partial charge on any atom is 0.416 e. The lowest BCUT2D eigenvalue weighted by molar-refractivity contribution is -0.137. The van der Waals surface area contributed by atoms with Crippen molar-refractivity contribution in [1.29, 1.82) is 0 Å². The van der Waals surface area contributed by atoms with Gasteiger partial charge >= 0.3 is 6.18 Å². The van der Waals surface area contributed by atoms with Crippen molar-refractivity contribution in [2.45, 2.75) is 12.3 Å². The second kappa shape index (κ2) is 6.66. The third-order valence-corrected chi connectivity index (χ3v) is 4.33. The van der Waals surface area contributed by atoms with E-state index < -0.39 is 23.8 Å². The number of amides is 1. The molecule has 4 rings (SSSR count). The van der Waals surface area contributed by atoms with Gasteiger partial charge in [0.25, 0.3) is 5.91 Å². The second-order valence-corrected chi connectivity index (χ2v) is 6.30. The smallest absolute Gasteiger partial charge is 0.416 e. The number of rotatable bonds is 3. The molecule has 2 aromatic heterocycles. The van der Waals surface area contributed by atoms with E-state index in [0.29, 0.717) is 11.0 Å². The lowest BCUT2D eigenvalue weighted by Crippen LogP contribution is -2.56. The Morgan fingerprint density at radius 3 is 2.68 bits per heavy atom. The summed E-state index contributed by atoms with van der Waals surface area (Å²) >= 11 is 0. The molecular formula is C19H13F3N2O4. The van der Waals surface area contributed by atoms with E-state index in [1.165, 1.54) is 4.90 Å². The molecule has 0 unspecified atom stereocenters. The van der Waals surface area contributed by atoms with Crippen LogP contribution in [0, 0.1) is 0 Å². The quantitative estimate of drug-likeness (QED) is 0.687. The van der Waals surface area contributed by atoms with Gasteiger partial charge in [-0.15, -0.1) is 0 Å². The number of pyridine rings is 1. The maximum absolute atomic E-state index is 12.7. The van der Waals surface area contributed by atoms with Gasteiger partial charge in [0.15, 0.2) is 11.2 Å². The van der Waals surface area contributed by atoms with E-state index in [2.05, 4.69) is 4.98 Å². The summed E-state index contributed by atoms with van der Waals surface area (Å²) in [4.78, 5) is 29.7. The number of hydrogen-bond acceptors (Lipinski definition) is 5. The van der Waals surface area contributed by atoms with E-state index >= 15 is 0 Å². The van der Waals surface area contributed by atoms with Crippen molar-refractivity contribution in [3.63, 3.8) is 0 Å². The number of benzene rings is 1. The van der Waals surface area contributed by atoms with Gasteiger partial charge in [-0.25, -0.2) is 4.98 Å². The minimum atomic E-state index is -4.49. The summed E-state index contributed by atoms with van der Waals surface area (Å²) in [5, 5.41) is 0.375. The summed E-state index contributed by atoms with van der Waals surface area (Å²) in [5.41, 5.74) is -0.880. The molecule has 1 saturated heterocycles. The minimum Gasteiger partial charge on any atom is -0.471 e. The van der Waals surface area contributed by atoms with Gasteiger partial charge < -0.3 is 14.1 Å². The van der Waals surface area contributed by atoms with Crippen LogP contribution in [-0.4, -0.2) is 35.0 Å². The van der Waals surface area contributed by atoms with Crippen LogP contribution in [-0.2, 0) is 6.18 Å². The molecule has 1 aromatic carbocycles. The lowest BCUT2D eigenvalue weighted by Gasteiger charge is -2.38. The fourth-order valence-electron chi connectivity index (χ4n) is 2.86. The Kier molecular flexibility index (Phi) is 4.29. The number of likely N-dealkylation sites (tertiary alicyclic amines) is 1. The Labute approximate surface area is 156 Å². The van der Waals surface area contributed by atoms with Crippen LogP contribution in [0.2, 0.25) is 0 Å². The number of aromatic nitrogens is 1. The Bertz CT molecular complexity index is 1100.